The van der Waals surface area contributed by atoms with Crippen LogP contribution in [0.5, 0.6) is 0 Å². The molecule has 2 aliphatic rings. The van der Waals surface area contributed by atoms with Crippen LogP contribution in [0.15, 0.2) is 22.5 Å². The van der Waals surface area contributed by atoms with Crippen molar-refractivity contribution in [1.29, 1.82) is 0 Å². The summed E-state index contributed by atoms with van der Waals surface area (Å²) in [6.07, 6.45) is 2.66. The minimum absolute atomic E-state index is 0.160. The van der Waals surface area contributed by atoms with Crippen molar-refractivity contribution < 1.29 is 9.53 Å². The maximum Gasteiger partial charge on any atom is 0.251 e. The molecule has 1 unspecified atom stereocenters. The Morgan fingerprint density at radius 3 is 2.79 bits per heavy atom. The molecule has 2 fully saturated rings. The number of hydrogen-bond donors (Lipinski definition) is 1. The van der Waals surface area contributed by atoms with Gasteiger partial charge in [0.25, 0.3) is 5.91 Å². The van der Waals surface area contributed by atoms with Gasteiger partial charge in [-0.25, -0.2) is 0 Å². The average Bonchev–Trinajstić information content (AvgIpc) is 3.32. The highest BCUT2D eigenvalue weighted by atomic mass is 32.1. The van der Waals surface area contributed by atoms with Crippen LogP contribution in [0.25, 0.3) is 0 Å². The average molecular weight is 350 g/mol. The Balaban J connectivity index is 1.43. The van der Waals surface area contributed by atoms with E-state index in [-0.39, 0.29) is 12.0 Å². The van der Waals surface area contributed by atoms with Gasteiger partial charge in [0.2, 0.25) is 0 Å². The largest absolute Gasteiger partial charge is 0.368 e. The predicted octanol–water partition coefficient (Wildman–Crippen LogP) is 1.19. The third-order valence-electron chi connectivity index (χ3n) is 4.54. The molecule has 7 heteroatoms. The normalized spacial score (nSPS) is 22.0. The van der Waals surface area contributed by atoms with E-state index in [0.717, 1.165) is 64.6 Å². The second-order valence-electron chi connectivity index (χ2n) is 6.12. The zero-order valence-corrected chi connectivity index (χ0v) is 15.1. The highest BCUT2D eigenvalue weighted by Crippen LogP contribution is 2.16. The summed E-state index contributed by atoms with van der Waals surface area (Å²) in [7, 11) is 1.82. The summed E-state index contributed by atoms with van der Waals surface area (Å²) in [5.41, 5.74) is 0. The molecule has 132 valence electrons. The molecule has 1 atom stereocenters. The minimum atomic E-state index is -0.209. The van der Waals surface area contributed by atoms with Gasteiger partial charge in [-0.1, -0.05) is 6.07 Å². The Morgan fingerprint density at radius 1 is 1.38 bits per heavy atom. The van der Waals surface area contributed by atoms with Gasteiger partial charge in [-0.05, 0) is 30.7 Å². The number of nitrogens with one attached hydrogen (secondary N) is 1. The van der Waals surface area contributed by atoms with E-state index in [1.807, 2.05) is 11.9 Å². The molecule has 2 saturated heterocycles. The zero-order valence-electron chi connectivity index (χ0n) is 14.2. The Morgan fingerprint density at radius 2 is 2.17 bits per heavy atom. The standard InChI is InChI=1S/C17H26N4O2S/c1-18-17(19-7-6-14-4-3-13-24-14)21-10-8-20(9-11-21)16(22)15-5-2-12-23-15/h3-4,13,15H,2,5-12H2,1H3,(H,18,19). The molecule has 0 saturated carbocycles. The second kappa shape index (κ2) is 8.48. The first-order chi connectivity index (χ1) is 11.8. The van der Waals surface area contributed by atoms with Crippen molar-refractivity contribution in [2.24, 2.45) is 4.99 Å². The summed E-state index contributed by atoms with van der Waals surface area (Å²) in [6.45, 7) is 4.71. The monoisotopic (exact) mass is 350 g/mol. The van der Waals surface area contributed by atoms with E-state index in [0.29, 0.717) is 0 Å². The number of ether oxygens (including phenoxy) is 1. The van der Waals surface area contributed by atoms with Crippen LogP contribution in [0.2, 0.25) is 0 Å². The maximum atomic E-state index is 12.4. The Labute approximate surface area is 147 Å². The molecule has 2 aliphatic heterocycles. The molecule has 0 spiro atoms. The van der Waals surface area contributed by atoms with Gasteiger partial charge in [0.15, 0.2) is 5.96 Å². The smallest absolute Gasteiger partial charge is 0.251 e. The molecule has 1 N–H and O–H groups in total. The molecule has 3 heterocycles. The number of carbonyl (C=O) groups is 1. The van der Waals surface area contributed by atoms with Crippen molar-refractivity contribution in [3.05, 3.63) is 22.4 Å². The van der Waals surface area contributed by atoms with Crippen molar-refractivity contribution in [3.63, 3.8) is 0 Å². The van der Waals surface area contributed by atoms with Crippen LogP contribution in [0.3, 0.4) is 0 Å². The fraction of sp³-hybridized carbons (Fsp3) is 0.647. The molecule has 1 amide bonds. The van der Waals surface area contributed by atoms with Crippen LogP contribution >= 0.6 is 11.3 Å². The maximum absolute atomic E-state index is 12.4. The molecule has 3 rings (SSSR count). The topological polar surface area (TPSA) is 57.2 Å². The van der Waals surface area contributed by atoms with Gasteiger partial charge in [-0.3, -0.25) is 9.79 Å². The molecular formula is C17H26N4O2S. The zero-order chi connectivity index (χ0) is 16.8. The van der Waals surface area contributed by atoms with Crippen molar-refractivity contribution in [3.8, 4) is 0 Å². The summed E-state index contributed by atoms with van der Waals surface area (Å²) >= 11 is 1.78. The first-order valence-corrected chi connectivity index (χ1v) is 9.54. The minimum Gasteiger partial charge on any atom is -0.368 e. The lowest BCUT2D eigenvalue weighted by atomic mass is 10.2. The van der Waals surface area contributed by atoms with Crippen LogP contribution < -0.4 is 5.32 Å². The van der Waals surface area contributed by atoms with E-state index < -0.39 is 0 Å². The molecule has 0 bridgehead atoms. The number of piperazine rings is 1. The Kier molecular flexibility index (Phi) is 6.09. The molecule has 24 heavy (non-hydrogen) atoms. The third kappa shape index (κ3) is 4.27. The van der Waals surface area contributed by atoms with Gasteiger partial charge in [0, 0.05) is 51.3 Å². The SMILES string of the molecule is CN=C(NCCc1cccs1)N1CCN(C(=O)C2CCCO2)CC1. The van der Waals surface area contributed by atoms with Crippen molar-refractivity contribution in [1.82, 2.24) is 15.1 Å². The molecular weight excluding hydrogens is 324 g/mol. The predicted molar refractivity (Wildman–Crippen MR) is 96.5 cm³/mol. The number of amides is 1. The lowest BCUT2D eigenvalue weighted by Gasteiger charge is -2.37. The van der Waals surface area contributed by atoms with Gasteiger partial charge < -0.3 is 19.9 Å². The summed E-state index contributed by atoms with van der Waals surface area (Å²) < 4.78 is 5.51. The van der Waals surface area contributed by atoms with Crippen molar-refractivity contribution in [2.45, 2.75) is 25.4 Å². The van der Waals surface area contributed by atoms with Gasteiger partial charge >= 0.3 is 0 Å². The van der Waals surface area contributed by atoms with Crippen molar-refractivity contribution in [2.75, 3.05) is 46.4 Å². The van der Waals surface area contributed by atoms with Crippen LogP contribution in [0, 0.1) is 0 Å². The van der Waals surface area contributed by atoms with Gasteiger partial charge in [-0.15, -0.1) is 11.3 Å². The van der Waals surface area contributed by atoms with Gasteiger partial charge in [0.1, 0.15) is 6.10 Å². The van der Waals surface area contributed by atoms with E-state index in [4.69, 9.17) is 4.74 Å². The van der Waals surface area contributed by atoms with E-state index in [2.05, 4.69) is 32.7 Å². The number of thiophene rings is 1. The number of guanidine groups is 1. The van der Waals surface area contributed by atoms with Crippen LogP contribution in [0.1, 0.15) is 17.7 Å². The molecule has 1 aromatic rings. The number of aliphatic imine (C=N–C) groups is 1. The summed E-state index contributed by atoms with van der Waals surface area (Å²) in [6, 6.07) is 4.24. The molecule has 1 aromatic heterocycles. The Bertz CT molecular complexity index is 547. The highest BCUT2D eigenvalue weighted by Gasteiger charge is 2.30. The summed E-state index contributed by atoms with van der Waals surface area (Å²) in [5.74, 6) is 1.09. The lowest BCUT2D eigenvalue weighted by molar-refractivity contribution is -0.142. The molecule has 0 aromatic carbocycles. The lowest BCUT2D eigenvalue weighted by Crippen LogP contribution is -2.55. The van der Waals surface area contributed by atoms with Crippen molar-refractivity contribution >= 4 is 23.2 Å². The van der Waals surface area contributed by atoms with E-state index >= 15 is 0 Å². The van der Waals surface area contributed by atoms with Gasteiger partial charge in [-0.2, -0.15) is 0 Å². The van der Waals surface area contributed by atoms with Gasteiger partial charge in [0.05, 0.1) is 0 Å². The Hall–Kier alpha value is -1.60. The summed E-state index contributed by atoms with van der Waals surface area (Å²) in [4.78, 5) is 22.3. The molecule has 6 nitrogen and oxygen atoms in total. The molecule has 0 radical (unpaired) electrons. The van der Waals surface area contributed by atoms with E-state index in [9.17, 15) is 4.79 Å². The van der Waals surface area contributed by atoms with E-state index in [1.165, 1.54) is 4.88 Å². The summed E-state index contributed by atoms with van der Waals surface area (Å²) in [5, 5.41) is 5.54. The number of nitrogens with zero attached hydrogens (tertiary/aromatic N) is 3. The quantitative estimate of drug-likeness (QED) is 0.655. The van der Waals surface area contributed by atoms with Crippen LogP contribution in [-0.2, 0) is 16.0 Å². The fourth-order valence-corrected chi connectivity index (χ4v) is 3.91. The fourth-order valence-electron chi connectivity index (χ4n) is 3.20. The second-order valence-corrected chi connectivity index (χ2v) is 7.15. The first kappa shape index (κ1) is 17.2. The number of hydrogen-bond acceptors (Lipinski definition) is 4. The third-order valence-corrected chi connectivity index (χ3v) is 5.48. The number of carbonyl (C=O) groups excluding carboxylic acids is 1. The van der Waals surface area contributed by atoms with Crippen LogP contribution in [0.4, 0.5) is 0 Å². The molecule has 0 aliphatic carbocycles. The number of rotatable bonds is 4. The highest BCUT2D eigenvalue weighted by molar-refractivity contribution is 7.09. The van der Waals surface area contributed by atoms with Crippen LogP contribution in [-0.4, -0.2) is 74.1 Å². The van der Waals surface area contributed by atoms with E-state index in [1.54, 1.807) is 11.3 Å². The first-order valence-electron chi connectivity index (χ1n) is 8.66.